The topological polar surface area (TPSA) is 60.4 Å². The summed E-state index contributed by atoms with van der Waals surface area (Å²) in [6, 6.07) is 4.01. The van der Waals surface area contributed by atoms with Gasteiger partial charge in [-0.05, 0) is 37.8 Å². The summed E-state index contributed by atoms with van der Waals surface area (Å²) >= 11 is 3.06. The number of hydrogen-bond acceptors (Lipinski definition) is 2. The van der Waals surface area contributed by atoms with Gasteiger partial charge in [0.25, 0.3) is 0 Å². The van der Waals surface area contributed by atoms with Crippen molar-refractivity contribution in [3.05, 3.63) is 28.2 Å². The van der Waals surface area contributed by atoms with E-state index in [1.165, 1.54) is 69.6 Å². The smallest absolute Gasteiger partial charge is 0.335 e. The van der Waals surface area contributed by atoms with Crippen molar-refractivity contribution < 1.29 is 15.0 Å². The van der Waals surface area contributed by atoms with E-state index in [9.17, 15) is 9.90 Å². The van der Waals surface area contributed by atoms with Gasteiger partial charge in [-0.1, -0.05) is 81.1 Å². The molecule has 0 aliphatic carbocycles. The highest BCUT2D eigenvalue weighted by Gasteiger charge is 2.34. The largest absolute Gasteiger partial charge is 0.872 e. The van der Waals surface area contributed by atoms with Crippen LogP contribution in [0.4, 0.5) is 0 Å². The van der Waals surface area contributed by atoms with Gasteiger partial charge in [0, 0.05) is 11.7 Å². The minimum Gasteiger partial charge on any atom is -0.872 e. The third-order valence-corrected chi connectivity index (χ3v) is 10.7. The van der Waals surface area contributed by atoms with Gasteiger partial charge in [0.1, 0.15) is 0 Å². The number of carboxylic acids is 1. The molecule has 0 fully saturated rings. The van der Waals surface area contributed by atoms with Crippen LogP contribution in [-0.4, -0.2) is 35.7 Å². The van der Waals surface area contributed by atoms with E-state index in [4.69, 9.17) is 5.11 Å². The molecule has 1 aromatic carbocycles. The summed E-state index contributed by atoms with van der Waals surface area (Å²) in [5.41, 5.74) is -0.209. The molecule has 0 heterocycles. The molecule has 1 aromatic rings. The molecule has 0 amide bonds. The number of benzene rings is 1. The van der Waals surface area contributed by atoms with Crippen molar-refractivity contribution in [1.29, 1.82) is 0 Å². The zero-order valence-corrected chi connectivity index (χ0v) is 20.8. The molecule has 0 radical (unpaired) electrons. The molecule has 0 saturated heterocycles. The lowest BCUT2D eigenvalue weighted by Gasteiger charge is -2.28. The SMILES string of the molecule is CCCC[P+](CCCC)(CCCC)CCCC.O=C(O)c1cc(Br)ccc1[O-]. The van der Waals surface area contributed by atoms with Crippen LogP contribution < -0.4 is 5.11 Å². The van der Waals surface area contributed by atoms with Gasteiger partial charge in [-0.15, -0.1) is 0 Å². The van der Waals surface area contributed by atoms with E-state index in [-0.39, 0.29) is 5.56 Å². The number of hydrogen-bond donors (Lipinski definition) is 1. The molecule has 162 valence electrons. The molecule has 0 unspecified atom stereocenters. The van der Waals surface area contributed by atoms with E-state index >= 15 is 0 Å². The Morgan fingerprint density at radius 3 is 1.57 bits per heavy atom. The highest BCUT2D eigenvalue weighted by Crippen LogP contribution is 2.61. The number of carbonyl (C=O) groups is 1. The standard InChI is InChI=1S/C16H36P.C7H5BrO3/c1-5-9-13-17(14-10-6-2,15-11-7-3)16-12-8-4;8-4-1-2-6(9)5(3-4)7(10)11/h5-16H2,1-4H3;1-3,9H,(H,10,11)/q+1;/p-1. The maximum Gasteiger partial charge on any atom is 0.335 e. The molecule has 1 N–H and O–H groups in total. The summed E-state index contributed by atoms with van der Waals surface area (Å²) in [7, 11) is -0.562. The van der Waals surface area contributed by atoms with E-state index in [1.54, 1.807) is 24.6 Å². The van der Waals surface area contributed by atoms with Crippen LogP contribution in [0.5, 0.6) is 5.75 Å². The minimum atomic E-state index is -1.20. The fourth-order valence-electron chi connectivity index (χ4n) is 3.31. The van der Waals surface area contributed by atoms with Gasteiger partial charge in [-0.3, -0.25) is 0 Å². The summed E-state index contributed by atoms with van der Waals surface area (Å²) in [5, 5.41) is 19.3. The zero-order valence-electron chi connectivity index (χ0n) is 18.3. The summed E-state index contributed by atoms with van der Waals surface area (Å²) < 4.78 is 0.592. The lowest BCUT2D eigenvalue weighted by molar-refractivity contribution is -0.268. The van der Waals surface area contributed by atoms with Gasteiger partial charge in [-0.25, -0.2) is 4.79 Å². The Labute approximate surface area is 181 Å². The van der Waals surface area contributed by atoms with Gasteiger partial charge >= 0.3 is 5.97 Å². The van der Waals surface area contributed by atoms with Crippen molar-refractivity contribution in [1.82, 2.24) is 0 Å². The Morgan fingerprint density at radius 1 is 0.893 bits per heavy atom. The van der Waals surface area contributed by atoms with Crippen molar-refractivity contribution >= 4 is 29.2 Å². The second kappa shape index (κ2) is 16.2. The number of rotatable bonds is 13. The van der Waals surface area contributed by atoms with Crippen molar-refractivity contribution in [2.24, 2.45) is 0 Å². The van der Waals surface area contributed by atoms with Crippen LogP contribution in [-0.2, 0) is 0 Å². The lowest BCUT2D eigenvalue weighted by Crippen LogP contribution is -2.12. The Hall–Kier alpha value is -0.600. The van der Waals surface area contributed by atoms with Gasteiger partial charge in [0.05, 0.1) is 30.2 Å². The molecule has 0 atom stereocenters. The molecule has 0 aromatic heterocycles. The van der Waals surface area contributed by atoms with Crippen LogP contribution >= 0.6 is 23.2 Å². The predicted octanol–water partition coefficient (Wildman–Crippen LogP) is 7.43. The van der Waals surface area contributed by atoms with E-state index in [2.05, 4.69) is 43.6 Å². The maximum absolute atomic E-state index is 10.8. The number of halogens is 1. The minimum absolute atomic E-state index is 0.209. The Morgan fingerprint density at radius 2 is 1.29 bits per heavy atom. The first-order valence-electron chi connectivity index (χ1n) is 10.9. The van der Waals surface area contributed by atoms with Crippen LogP contribution in [0.15, 0.2) is 22.7 Å². The summed E-state index contributed by atoms with van der Waals surface area (Å²) in [6.07, 6.45) is 17.9. The molecule has 0 aliphatic heterocycles. The number of aromatic carboxylic acids is 1. The van der Waals surface area contributed by atoms with Crippen molar-refractivity contribution in [2.75, 3.05) is 24.6 Å². The van der Waals surface area contributed by atoms with E-state index in [1.807, 2.05) is 0 Å². The van der Waals surface area contributed by atoms with Crippen molar-refractivity contribution in [2.45, 2.75) is 79.1 Å². The van der Waals surface area contributed by atoms with Crippen LogP contribution in [0.2, 0.25) is 0 Å². The monoisotopic (exact) mass is 474 g/mol. The number of carboxylic acid groups (broad SMARTS) is 1. The molecule has 1 rings (SSSR count). The Balaban J connectivity index is 0.000000567. The Kier molecular flexibility index (Phi) is 15.9. The maximum atomic E-state index is 10.8. The Bertz CT molecular complexity index is 511. The van der Waals surface area contributed by atoms with Crippen molar-refractivity contribution in [3.63, 3.8) is 0 Å². The molecular formula is C23H40BrO3P. The third-order valence-electron chi connectivity index (χ3n) is 5.12. The molecule has 28 heavy (non-hydrogen) atoms. The highest BCUT2D eigenvalue weighted by atomic mass is 79.9. The highest BCUT2D eigenvalue weighted by molar-refractivity contribution is 9.10. The molecule has 0 aliphatic rings. The number of unbranched alkanes of at least 4 members (excludes halogenated alkanes) is 4. The van der Waals surface area contributed by atoms with Gasteiger partial charge < -0.3 is 10.2 Å². The summed E-state index contributed by atoms with van der Waals surface area (Å²) in [5.74, 6) is -1.67. The van der Waals surface area contributed by atoms with Crippen LogP contribution in [0.3, 0.4) is 0 Å². The molecular weight excluding hydrogens is 435 g/mol. The van der Waals surface area contributed by atoms with E-state index in [0.717, 1.165) is 0 Å². The summed E-state index contributed by atoms with van der Waals surface area (Å²) in [4.78, 5) is 10.4. The van der Waals surface area contributed by atoms with Crippen LogP contribution in [0.25, 0.3) is 0 Å². The first-order valence-corrected chi connectivity index (χ1v) is 14.2. The van der Waals surface area contributed by atoms with Gasteiger partial charge in [-0.2, -0.15) is 0 Å². The fourth-order valence-corrected chi connectivity index (χ4v) is 8.97. The van der Waals surface area contributed by atoms with E-state index in [0.29, 0.717) is 4.47 Å². The molecule has 5 heteroatoms. The lowest BCUT2D eigenvalue weighted by atomic mass is 10.2. The third kappa shape index (κ3) is 11.4. The molecule has 0 bridgehead atoms. The second-order valence-corrected chi connectivity index (χ2v) is 13.0. The van der Waals surface area contributed by atoms with Gasteiger partial charge in [0.2, 0.25) is 0 Å². The molecule has 0 spiro atoms. The molecule has 3 nitrogen and oxygen atoms in total. The van der Waals surface area contributed by atoms with Gasteiger partial charge in [0.15, 0.2) is 0 Å². The average molecular weight is 475 g/mol. The first-order chi connectivity index (χ1) is 13.4. The summed E-state index contributed by atoms with van der Waals surface area (Å²) in [6.45, 7) is 9.42. The van der Waals surface area contributed by atoms with E-state index < -0.39 is 19.0 Å². The van der Waals surface area contributed by atoms with Crippen molar-refractivity contribution in [3.8, 4) is 5.75 Å². The second-order valence-electron chi connectivity index (χ2n) is 7.60. The van der Waals surface area contributed by atoms with Crippen LogP contribution in [0, 0.1) is 0 Å². The fraction of sp³-hybridized carbons (Fsp3) is 0.696. The average Bonchev–Trinajstić information content (AvgIpc) is 2.69. The normalized spacial score (nSPS) is 11.0. The van der Waals surface area contributed by atoms with Crippen LogP contribution in [0.1, 0.15) is 89.4 Å². The zero-order chi connectivity index (χ0) is 21.4. The quantitative estimate of drug-likeness (QED) is 0.302. The predicted molar refractivity (Wildman–Crippen MR) is 127 cm³/mol. The molecule has 0 saturated carbocycles. The first kappa shape index (κ1) is 27.4.